The number of fused-ring (bicyclic) bond motifs is 3. The van der Waals surface area contributed by atoms with Gasteiger partial charge in [0.25, 0.3) is 0 Å². The van der Waals surface area contributed by atoms with Gasteiger partial charge in [0.2, 0.25) is 5.79 Å². The highest BCUT2D eigenvalue weighted by Crippen LogP contribution is 2.31. The third kappa shape index (κ3) is 1.20. The lowest BCUT2D eigenvalue weighted by molar-refractivity contribution is -0.237. The number of ether oxygens (including phenoxy) is 2. The summed E-state index contributed by atoms with van der Waals surface area (Å²) in [6.45, 7) is 3.39. The predicted octanol–water partition coefficient (Wildman–Crippen LogP) is 1.89. The molecule has 2 aromatic rings. The first-order valence-electron chi connectivity index (χ1n) is 5.39. The molecule has 0 radical (unpaired) electrons. The zero-order valence-corrected chi connectivity index (χ0v) is 9.43. The minimum absolute atomic E-state index is 0.650. The molecule has 16 heavy (non-hydrogen) atoms. The summed E-state index contributed by atoms with van der Waals surface area (Å²) >= 11 is 0. The summed E-state index contributed by atoms with van der Waals surface area (Å²) in [7, 11) is 1.65. The molecule has 1 aromatic carbocycles. The van der Waals surface area contributed by atoms with Crippen molar-refractivity contribution in [2.24, 2.45) is 0 Å². The van der Waals surface area contributed by atoms with Crippen LogP contribution in [0.1, 0.15) is 12.7 Å². The van der Waals surface area contributed by atoms with Crippen molar-refractivity contribution >= 4 is 11.0 Å². The normalized spacial score (nSPS) is 24.6. The zero-order chi connectivity index (χ0) is 11.2. The van der Waals surface area contributed by atoms with Gasteiger partial charge >= 0.3 is 0 Å². The van der Waals surface area contributed by atoms with E-state index in [1.54, 1.807) is 7.11 Å². The van der Waals surface area contributed by atoms with Crippen molar-refractivity contribution in [1.82, 2.24) is 9.55 Å². The Morgan fingerprint density at radius 1 is 1.44 bits per heavy atom. The largest absolute Gasteiger partial charge is 0.347 e. The van der Waals surface area contributed by atoms with E-state index in [1.165, 1.54) is 0 Å². The number of hydrogen-bond acceptors (Lipinski definition) is 3. The number of methoxy groups -OCH3 is 1. The van der Waals surface area contributed by atoms with Crippen LogP contribution in [-0.2, 0) is 21.8 Å². The monoisotopic (exact) mass is 218 g/mol. The Bertz CT molecular complexity index is 535. The van der Waals surface area contributed by atoms with Crippen molar-refractivity contribution in [3.05, 3.63) is 30.1 Å². The molecule has 0 amide bonds. The SMILES string of the molecule is COC1(C)OCCn2c1nc1ccccc12. The maximum Gasteiger partial charge on any atom is 0.225 e. The molecular formula is C12H14N2O2. The molecule has 1 aliphatic rings. The Morgan fingerprint density at radius 3 is 3.06 bits per heavy atom. The number of nitrogens with zero attached hydrogens (tertiary/aromatic N) is 2. The molecule has 0 aliphatic carbocycles. The van der Waals surface area contributed by atoms with E-state index in [0.717, 1.165) is 23.4 Å². The molecule has 84 valence electrons. The summed E-state index contributed by atoms with van der Waals surface area (Å²) in [6, 6.07) is 8.10. The minimum atomic E-state index is -0.725. The van der Waals surface area contributed by atoms with Gasteiger partial charge in [0.15, 0.2) is 5.82 Å². The Labute approximate surface area is 93.8 Å². The van der Waals surface area contributed by atoms with Gasteiger partial charge in [-0.25, -0.2) is 4.98 Å². The van der Waals surface area contributed by atoms with Crippen molar-refractivity contribution in [3.63, 3.8) is 0 Å². The molecule has 1 aliphatic heterocycles. The summed E-state index contributed by atoms with van der Waals surface area (Å²) in [4.78, 5) is 4.59. The quantitative estimate of drug-likeness (QED) is 0.733. The van der Waals surface area contributed by atoms with Crippen molar-refractivity contribution in [3.8, 4) is 0 Å². The van der Waals surface area contributed by atoms with Crippen LogP contribution in [0.5, 0.6) is 0 Å². The van der Waals surface area contributed by atoms with Gasteiger partial charge in [-0.3, -0.25) is 0 Å². The standard InChI is InChI=1S/C12H14N2O2/c1-12(15-2)11-13-9-5-3-4-6-10(9)14(11)7-8-16-12/h3-6H,7-8H2,1-2H3. The van der Waals surface area contributed by atoms with Gasteiger partial charge in [-0.1, -0.05) is 12.1 Å². The molecule has 1 aromatic heterocycles. The van der Waals surface area contributed by atoms with Crippen LogP contribution in [0.3, 0.4) is 0 Å². The summed E-state index contributed by atoms with van der Waals surface area (Å²) < 4.78 is 13.3. The van der Waals surface area contributed by atoms with E-state index in [9.17, 15) is 0 Å². The molecule has 1 unspecified atom stereocenters. The molecule has 0 spiro atoms. The van der Waals surface area contributed by atoms with Crippen molar-refractivity contribution < 1.29 is 9.47 Å². The highest BCUT2D eigenvalue weighted by atomic mass is 16.7. The van der Waals surface area contributed by atoms with Crippen LogP contribution >= 0.6 is 0 Å². The summed E-state index contributed by atoms with van der Waals surface area (Å²) in [6.07, 6.45) is 0. The highest BCUT2D eigenvalue weighted by Gasteiger charge is 2.36. The Morgan fingerprint density at radius 2 is 2.25 bits per heavy atom. The molecule has 4 heteroatoms. The van der Waals surface area contributed by atoms with E-state index in [4.69, 9.17) is 9.47 Å². The number of aromatic nitrogens is 2. The summed E-state index contributed by atoms with van der Waals surface area (Å²) in [5.74, 6) is 0.125. The van der Waals surface area contributed by atoms with Gasteiger partial charge in [0.1, 0.15) is 0 Å². The number of para-hydroxylation sites is 2. The first kappa shape index (κ1) is 9.81. The van der Waals surface area contributed by atoms with Crippen LogP contribution in [0.15, 0.2) is 24.3 Å². The van der Waals surface area contributed by atoms with E-state index >= 15 is 0 Å². The second-order valence-corrected chi connectivity index (χ2v) is 4.07. The highest BCUT2D eigenvalue weighted by molar-refractivity contribution is 5.76. The van der Waals surface area contributed by atoms with Crippen LogP contribution in [0, 0.1) is 0 Å². The van der Waals surface area contributed by atoms with Crippen molar-refractivity contribution in [2.45, 2.75) is 19.3 Å². The van der Waals surface area contributed by atoms with E-state index < -0.39 is 5.79 Å². The van der Waals surface area contributed by atoms with Crippen molar-refractivity contribution in [1.29, 1.82) is 0 Å². The van der Waals surface area contributed by atoms with Gasteiger partial charge in [-0.05, 0) is 19.1 Å². The second kappa shape index (κ2) is 3.30. The van der Waals surface area contributed by atoms with Crippen molar-refractivity contribution in [2.75, 3.05) is 13.7 Å². The van der Waals surface area contributed by atoms with E-state index in [1.807, 2.05) is 25.1 Å². The lowest BCUT2D eigenvalue weighted by Crippen LogP contribution is -2.37. The molecule has 0 saturated carbocycles. The number of imidazole rings is 1. The van der Waals surface area contributed by atoms with Crippen LogP contribution in [0.25, 0.3) is 11.0 Å². The van der Waals surface area contributed by atoms with Gasteiger partial charge in [0.05, 0.1) is 17.6 Å². The molecule has 0 fully saturated rings. The lowest BCUT2D eigenvalue weighted by Gasteiger charge is -2.32. The molecular weight excluding hydrogens is 204 g/mol. The second-order valence-electron chi connectivity index (χ2n) is 4.07. The fraction of sp³-hybridized carbons (Fsp3) is 0.417. The van der Waals surface area contributed by atoms with E-state index in [-0.39, 0.29) is 0 Å². The van der Waals surface area contributed by atoms with Gasteiger partial charge < -0.3 is 14.0 Å². The summed E-state index contributed by atoms with van der Waals surface area (Å²) in [5.41, 5.74) is 2.13. The fourth-order valence-electron chi connectivity index (χ4n) is 2.19. The Balaban J connectivity index is 2.29. The zero-order valence-electron chi connectivity index (χ0n) is 9.43. The molecule has 0 bridgehead atoms. The third-order valence-electron chi connectivity index (χ3n) is 3.14. The molecule has 2 heterocycles. The first-order chi connectivity index (χ1) is 7.74. The third-order valence-corrected chi connectivity index (χ3v) is 3.14. The van der Waals surface area contributed by atoms with Gasteiger partial charge in [-0.15, -0.1) is 0 Å². The smallest absolute Gasteiger partial charge is 0.225 e. The van der Waals surface area contributed by atoms with Crippen LogP contribution in [-0.4, -0.2) is 23.3 Å². The topological polar surface area (TPSA) is 36.3 Å². The average molecular weight is 218 g/mol. The average Bonchev–Trinajstić information content (AvgIpc) is 2.70. The molecule has 3 rings (SSSR count). The first-order valence-corrected chi connectivity index (χ1v) is 5.39. The number of benzene rings is 1. The van der Waals surface area contributed by atoms with Gasteiger partial charge in [-0.2, -0.15) is 0 Å². The Kier molecular flexibility index (Phi) is 2.02. The summed E-state index contributed by atoms with van der Waals surface area (Å²) in [5, 5.41) is 0. The Hall–Kier alpha value is -1.39. The van der Waals surface area contributed by atoms with E-state index in [0.29, 0.717) is 6.61 Å². The van der Waals surface area contributed by atoms with Crippen LogP contribution in [0.4, 0.5) is 0 Å². The van der Waals surface area contributed by atoms with Crippen LogP contribution < -0.4 is 0 Å². The fourth-order valence-corrected chi connectivity index (χ4v) is 2.19. The maximum atomic E-state index is 5.67. The molecule has 4 nitrogen and oxygen atoms in total. The molecule has 1 atom stereocenters. The number of hydrogen-bond donors (Lipinski definition) is 0. The predicted molar refractivity (Wildman–Crippen MR) is 60.0 cm³/mol. The lowest BCUT2D eigenvalue weighted by atomic mass is 10.2. The molecule has 0 saturated heterocycles. The minimum Gasteiger partial charge on any atom is -0.347 e. The maximum absolute atomic E-state index is 5.67. The van der Waals surface area contributed by atoms with E-state index in [2.05, 4.69) is 15.6 Å². The number of rotatable bonds is 1. The van der Waals surface area contributed by atoms with Crippen LogP contribution in [0.2, 0.25) is 0 Å². The molecule has 0 N–H and O–H groups in total. The van der Waals surface area contributed by atoms with Gasteiger partial charge in [0, 0.05) is 13.7 Å².